The maximum absolute atomic E-state index is 14.6. The molecule has 6 aromatic rings. The average molecular weight is 1340 g/mol. The number of fused-ring (bicyclic) bond motifs is 4. The number of imide groups is 1. The lowest BCUT2D eigenvalue weighted by molar-refractivity contribution is -0.137. The molecule has 0 radical (unpaired) electrons. The van der Waals surface area contributed by atoms with Gasteiger partial charge in [-0.25, -0.2) is 24.2 Å². The van der Waals surface area contributed by atoms with Crippen LogP contribution in [0.2, 0.25) is 0 Å². The number of nitrogens with zero attached hydrogens (tertiary/aromatic N) is 5. The van der Waals surface area contributed by atoms with Crippen molar-refractivity contribution in [3.63, 3.8) is 0 Å². The quantitative estimate of drug-likeness (QED) is 0.0116. The van der Waals surface area contributed by atoms with Crippen molar-refractivity contribution in [2.45, 2.75) is 77.9 Å². The fourth-order valence-corrected chi connectivity index (χ4v) is 11.2. The molecule has 2 aliphatic heterocycles. The van der Waals surface area contributed by atoms with E-state index in [1.165, 1.54) is 47.3 Å². The van der Waals surface area contributed by atoms with Gasteiger partial charge in [0.25, 0.3) is 23.6 Å². The summed E-state index contributed by atoms with van der Waals surface area (Å²) in [5, 5.41) is 22.2. The van der Waals surface area contributed by atoms with E-state index in [0.29, 0.717) is 57.5 Å². The number of ether oxygens (including phenoxy) is 4. The number of carbonyl (C=O) groups is 11. The first-order valence-electron chi connectivity index (χ1n) is 31.1. The number of Topliss-reactive ketones (excluding diaryl/α,β-unsaturated/α-hetero) is 1. The number of urea groups is 1. The van der Waals surface area contributed by atoms with Crippen LogP contribution in [-0.2, 0) is 44.8 Å². The number of aromatic hydroxyl groups is 1. The van der Waals surface area contributed by atoms with Crippen molar-refractivity contribution < 1.29 is 76.8 Å². The van der Waals surface area contributed by atoms with Crippen LogP contribution in [-0.4, -0.2) is 173 Å². The normalized spacial score (nSPS) is 13.9. The highest BCUT2D eigenvalue weighted by Gasteiger charge is 2.37. The molecular formula is C67H77ClN12O16. The molecule has 4 heterocycles. The number of anilines is 3. The molecule has 11 amide bonds. The van der Waals surface area contributed by atoms with Gasteiger partial charge in [-0.05, 0) is 109 Å². The molecule has 10 N–H and O–H groups in total. The number of aromatic nitrogens is 2. The molecule has 0 saturated carbocycles. The predicted octanol–water partition coefficient (Wildman–Crippen LogP) is 7.35. The zero-order valence-corrected chi connectivity index (χ0v) is 54.2. The van der Waals surface area contributed by atoms with Crippen LogP contribution in [0.3, 0.4) is 0 Å². The van der Waals surface area contributed by atoms with Crippen molar-refractivity contribution in [2.24, 2.45) is 23.3 Å². The molecule has 0 spiro atoms. The minimum Gasteiger partial charge on any atom is -0.508 e. The number of rotatable bonds is 32. The number of hydrogen-bond acceptors (Lipinski definition) is 17. The van der Waals surface area contributed by atoms with E-state index < -0.39 is 83.4 Å². The predicted molar refractivity (Wildman–Crippen MR) is 354 cm³/mol. The molecule has 2 aromatic heterocycles. The van der Waals surface area contributed by atoms with Crippen LogP contribution in [0.25, 0.3) is 21.8 Å². The standard InChI is InChI=1S/C67H77ClN12O16/c1-39(2)59(76-65(90)94-30-29-93-28-27-79-55(84)21-22-56(79)85)52(82)33-43(10-8-23-71-64(70)89)62(87)73-46-17-13-41(14-18-46)38-95-66(91)77(4)25-26-78(24-6-5-12-54(69)83)67(92)96-53-34-51-58(57-40(3)9-7-11-49(53)57)45(35-68)37-80(51)63(88)50-32-44-31-47(36-72-60(44)75-50)74-61(86)42-15-19-48(81)20-16-42/h7,9,11,13-22,31-32,34,36,39,43,45,59,81H,5-6,8,10,12,23-30,33,35,37-38H2,1-4H3,(H2,69,83)(H,72,75)(H,73,87)(H,74,86)(H,76,90)(H3,70,71,89)/t43-,45-,59+/m1/s1. The minimum absolute atomic E-state index is 0.0151. The van der Waals surface area contributed by atoms with Crippen LogP contribution < -0.4 is 42.4 Å². The van der Waals surface area contributed by atoms with Crippen molar-refractivity contribution in [2.75, 3.05) is 87.6 Å². The number of benzene rings is 4. The molecule has 508 valence electrons. The number of amides is 11. The van der Waals surface area contributed by atoms with Crippen molar-refractivity contribution >= 4 is 116 Å². The Labute approximate surface area is 557 Å². The number of hydrogen-bond donors (Lipinski definition) is 8. The summed E-state index contributed by atoms with van der Waals surface area (Å²) in [7, 11) is 1.49. The summed E-state index contributed by atoms with van der Waals surface area (Å²) in [4.78, 5) is 155. The van der Waals surface area contributed by atoms with Gasteiger partial charge in [0.2, 0.25) is 11.8 Å². The smallest absolute Gasteiger partial charge is 0.415 e. The van der Waals surface area contributed by atoms with Gasteiger partial charge in [-0.15, -0.1) is 11.6 Å². The number of pyridine rings is 1. The molecule has 4 aromatic carbocycles. The Hall–Kier alpha value is -10.6. The Morgan fingerprint density at radius 1 is 0.833 bits per heavy atom. The van der Waals surface area contributed by atoms with Crippen molar-refractivity contribution in [1.82, 2.24) is 35.3 Å². The van der Waals surface area contributed by atoms with E-state index in [0.717, 1.165) is 33.6 Å². The summed E-state index contributed by atoms with van der Waals surface area (Å²) in [5.74, 6) is -4.54. The Balaban J connectivity index is 0.875. The van der Waals surface area contributed by atoms with E-state index >= 15 is 0 Å². The van der Waals surface area contributed by atoms with Gasteiger partial charge in [0.15, 0.2) is 5.78 Å². The number of phenolic OH excluding ortho intramolecular Hbond substituents is 1. The fourth-order valence-electron chi connectivity index (χ4n) is 11.0. The Bertz CT molecular complexity index is 3900. The van der Waals surface area contributed by atoms with Gasteiger partial charge in [-0.1, -0.05) is 44.2 Å². The van der Waals surface area contributed by atoms with Crippen LogP contribution in [0.15, 0.2) is 103 Å². The summed E-state index contributed by atoms with van der Waals surface area (Å²) in [6, 6.07) is 20.9. The van der Waals surface area contributed by atoms with Gasteiger partial charge >= 0.3 is 24.3 Å². The van der Waals surface area contributed by atoms with Crippen molar-refractivity contribution in [3.8, 4) is 11.5 Å². The zero-order valence-electron chi connectivity index (χ0n) is 53.5. The third-order valence-corrected chi connectivity index (χ3v) is 16.5. The largest absolute Gasteiger partial charge is 0.508 e. The average Bonchev–Trinajstić information content (AvgIpc) is 1.54. The highest BCUT2D eigenvalue weighted by Crippen LogP contribution is 2.47. The lowest BCUT2D eigenvalue weighted by Gasteiger charge is -2.26. The van der Waals surface area contributed by atoms with Crippen LogP contribution in [0, 0.1) is 18.8 Å². The number of likely N-dealkylation sites (N-methyl/N-ethyl adjacent to an activating group) is 1. The lowest BCUT2D eigenvalue weighted by Crippen LogP contribution is -2.46. The zero-order chi connectivity index (χ0) is 69.2. The molecule has 96 heavy (non-hydrogen) atoms. The molecule has 0 saturated heterocycles. The molecule has 3 atom stereocenters. The van der Waals surface area contributed by atoms with Gasteiger partial charge in [0.1, 0.15) is 36.1 Å². The van der Waals surface area contributed by atoms with E-state index in [1.54, 1.807) is 61.2 Å². The number of unbranched alkanes of at least 4 members (excludes halogenated alkanes) is 1. The van der Waals surface area contributed by atoms with Gasteiger partial charge in [-0.2, -0.15) is 0 Å². The summed E-state index contributed by atoms with van der Waals surface area (Å²) in [6.45, 7) is 5.33. The number of H-pyrrole nitrogens is 1. The first kappa shape index (κ1) is 71.2. The minimum atomic E-state index is -1.04. The molecule has 0 bridgehead atoms. The van der Waals surface area contributed by atoms with Gasteiger partial charge in [0.05, 0.1) is 43.4 Å². The molecule has 2 aliphatic rings. The monoisotopic (exact) mass is 1340 g/mol. The molecule has 0 fully saturated rings. The lowest BCUT2D eigenvalue weighted by atomic mass is 9.89. The maximum atomic E-state index is 14.6. The van der Waals surface area contributed by atoms with E-state index in [-0.39, 0.29) is 120 Å². The number of phenols is 1. The number of aromatic amines is 1. The number of alkyl carbamates (subject to hydrolysis) is 1. The molecule has 8 rings (SSSR count). The molecule has 0 unspecified atom stereocenters. The molecule has 29 heteroatoms. The summed E-state index contributed by atoms with van der Waals surface area (Å²) >= 11 is 6.66. The van der Waals surface area contributed by atoms with Crippen molar-refractivity contribution in [3.05, 3.63) is 131 Å². The van der Waals surface area contributed by atoms with Crippen LogP contribution >= 0.6 is 11.6 Å². The van der Waals surface area contributed by atoms with E-state index in [2.05, 4.69) is 31.2 Å². The topological polar surface area (TPSA) is 387 Å². The number of aryl methyl sites for hydroxylation is 1. The van der Waals surface area contributed by atoms with Crippen LogP contribution in [0.4, 0.5) is 36.2 Å². The number of nitrogens with one attached hydrogen (secondary N) is 5. The second-order valence-electron chi connectivity index (χ2n) is 23.4. The van der Waals surface area contributed by atoms with Gasteiger partial charge < -0.3 is 76.5 Å². The fraction of sp³-hybridized carbons (Fsp3) is 0.373. The van der Waals surface area contributed by atoms with Crippen LogP contribution in [0.1, 0.15) is 95.8 Å². The second kappa shape index (κ2) is 33.5. The Kier molecular flexibility index (Phi) is 24.8. The first-order valence-corrected chi connectivity index (χ1v) is 31.7. The molecule has 28 nitrogen and oxygen atoms in total. The SMILES string of the molecule is Cc1cccc2c(OC(=O)N(CCCCC(N)=O)CCN(C)C(=O)OCc3ccc(NC(=O)[C@H](CCCNC(N)=O)CC(=O)[C@@H](NC(=O)OCCOCCN4C(=O)C=CC4=O)C(C)C)cc3)cc3c(c12)[C@H](CCl)CN3C(=O)c1cc2cc(NC(=O)c3ccc(O)cc3)cnc2[nH]1. The number of carbonyl (C=O) groups excluding carboxylic acids is 11. The number of ketones is 1. The first-order chi connectivity index (χ1) is 46.0. The Morgan fingerprint density at radius 3 is 2.27 bits per heavy atom. The van der Waals surface area contributed by atoms with Gasteiger partial charge in [0, 0.05) is 111 Å². The van der Waals surface area contributed by atoms with Crippen LogP contribution in [0.5, 0.6) is 11.5 Å². The highest BCUT2D eigenvalue weighted by atomic mass is 35.5. The third-order valence-electron chi connectivity index (χ3n) is 16.1. The summed E-state index contributed by atoms with van der Waals surface area (Å²) < 4.78 is 22.5. The molecular weight excluding hydrogens is 1260 g/mol. The maximum Gasteiger partial charge on any atom is 0.415 e. The molecule has 0 aliphatic carbocycles. The van der Waals surface area contributed by atoms with E-state index in [4.69, 9.17) is 42.0 Å². The number of alkyl halides is 1. The highest BCUT2D eigenvalue weighted by molar-refractivity contribution is 6.20. The van der Waals surface area contributed by atoms with E-state index in [9.17, 15) is 57.8 Å². The second-order valence-corrected chi connectivity index (χ2v) is 23.7. The van der Waals surface area contributed by atoms with Gasteiger partial charge in [-0.3, -0.25) is 38.5 Å². The van der Waals surface area contributed by atoms with Crippen molar-refractivity contribution in [1.29, 1.82) is 0 Å². The van der Waals surface area contributed by atoms with E-state index in [1.807, 2.05) is 25.1 Å². The number of halogens is 1. The summed E-state index contributed by atoms with van der Waals surface area (Å²) in [6.07, 6.45) is 2.30. The third kappa shape index (κ3) is 19.0. The Morgan fingerprint density at radius 2 is 1.57 bits per heavy atom. The number of primary amides is 2. The summed E-state index contributed by atoms with van der Waals surface area (Å²) in [5.41, 5.74) is 15.0. The number of nitrogens with two attached hydrogens (primary N) is 2.